The van der Waals surface area contributed by atoms with Crippen molar-refractivity contribution >= 4 is 31.7 Å². The highest BCUT2D eigenvalue weighted by Gasteiger charge is 2.52. The van der Waals surface area contributed by atoms with E-state index in [0.29, 0.717) is 29.1 Å². The second kappa shape index (κ2) is 11.2. The van der Waals surface area contributed by atoms with Crippen LogP contribution < -0.4 is 10.2 Å². The first-order chi connectivity index (χ1) is 20.2. The number of nitrogens with zero attached hydrogens (tertiary/aromatic N) is 2. The third-order valence-corrected chi connectivity index (χ3v) is 10.7. The van der Waals surface area contributed by atoms with Gasteiger partial charge in [-0.05, 0) is 39.2 Å². The monoisotopic (exact) mass is 612 g/mol. The summed E-state index contributed by atoms with van der Waals surface area (Å²) in [5.41, 5.74) is 1.99. The Hall–Kier alpha value is -2.32. The van der Waals surface area contributed by atoms with E-state index in [9.17, 15) is 5.11 Å². The van der Waals surface area contributed by atoms with Crippen molar-refractivity contribution in [2.45, 2.75) is 95.7 Å². The number of hydrogen-bond donors (Lipinski definition) is 1. The summed E-state index contributed by atoms with van der Waals surface area (Å²) in [6.07, 6.45) is -1.89. The summed E-state index contributed by atoms with van der Waals surface area (Å²) >= 11 is 0. The molecule has 1 aromatic carbocycles. The first-order valence-electron chi connectivity index (χ1n) is 15.0. The number of ether oxygens (including phenoxy) is 4. The predicted octanol–water partition coefficient (Wildman–Crippen LogP) is 4.36. The molecular weight excluding hydrogens is 570 g/mol. The summed E-state index contributed by atoms with van der Waals surface area (Å²) in [4.78, 5) is 4.73. The van der Waals surface area contributed by atoms with E-state index in [-0.39, 0.29) is 31.7 Å². The number of aliphatic hydroxyl groups excluding tert-OH is 1. The molecule has 0 bridgehead atoms. The van der Waals surface area contributed by atoms with Crippen molar-refractivity contribution < 1.29 is 37.8 Å². The van der Waals surface area contributed by atoms with E-state index in [2.05, 4.69) is 19.6 Å². The van der Waals surface area contributed by atoms with Crippen molar-refractivity contribution in [3.05, 3.63) is 42.2 Å². The van der Waals surface area contributed by atoms with Crippen LogP contribution in [0.3, 0.4) is 0 Å². The minimum atomic E-state index is -1.29. The van der Waals surface area contributed by atoms with Crippen LogP contribution in [0, 0.1) is 5.82 Å². The van der Waals surface area contributed by atoms with Crippen LogP contribution >= 0.6 is 0 Å². The van der Waals surface area contributed by atoms with Gasteiger partial charge in [0.25, 0.3) is 0 Å². The van der Waals surface area contributed by atoms with Gasteiger partial charge in [-0.15, -0.1) is 0 Å². The summed E-state index contributed by atoms with van der Waals surface area (Å²) in [7, 11) is -1.79. The van der Waals surface area contributed by atoms with Gasteiger partial charge in [-0.2, -0.15) is 0 Å². The molecule has 43 heavy (non-hydrogen) atoms. The minimum Gasteiger partial charge on any atom is -0.470 e. The lowest BCUT2D eigenvalue weighted by molar-refractivity contribution is 0.00479. The number of halogens is 1. The Morgan fingerprint density at radius 2 is 1.70 bits per heavy atom. The van der Waals surface area contributed by atoms with E-state index in [4.69, 9.17) is 33.2 Å². The Morgan fingerprint density at radius 1 is 1.02 bits per heavy atom. The third-order valence-electron chi connectivity index (χ3n) is 8.98. The maximum absolute atomic E-state index is 15.7. The predicted molar refractivity (Wildman–Crippen MR) is 165 cm³/mol. The minimum absolute atomic E-state index is 0.192. The molecule has 4 atom stereocenters. The lowest BCUT2D eigenvalue weighted by atomic mass is 9.79. The van der Waals surface area contributed by atoms with Crippen LogP contribution in [0.15, 0.2) is 36.4 Å². The Kier molecular flexibility index (Phi) is 8.02. The molecule has 6 rings (SSSR count). The van der Waals surface area contributed by atoms with Gasteiger partial charge in [0.2, 0.25) is 0 Å². The number of benzene rings is 1. The van der Waals surface area contributed by atoms with Gasteiger partial charge < -0.3 is 33.4 Å². The molecule has 2 aromatic heterocycles. The summed E-state index contributed by atoms with van der Waals surface area (Å²) in [5, 5.41) is 10.2. The Balaban J connectivity index is 1.27. The fourth-order valence-electron chi connectivity index (χ4n) is 5.57. The third kappa shape index (κ3) is 6.03. The average Bonchev–Trinajstić information content (AvgIpc) is 3.64. The zero-order valence-electron chi connectivity index (χ0n) is 26.1. The molecule has 0 radical (unpaired) electrons. The number of rotatable bonds is 9. The normalized spacial score (nSPS) is 26.4. The van der Waals surface area contributed by atoms with Crippen LogP contribution in [0.4, 0.5) is 4.39 Å². The second-order valence-electron chi connectivity index (χ2n) is 14.0. The highest BCUT2D eigenvalue weighted by atomic mass is 28.3. The van der Waals surface area contributed by atoms with Crippen LogP contribution in [0.1, 0.15) is 27.7 Å². The first-order valence-corrected chi connectivity index (χ1v) is 18.7. The molecule has 12 heteroatoms. The maximum atomic E-state index is 15.7. The number of fused-ring (bicyclic) bond motifs is 2. The molecule has 0 aliphatic carbocycles. The zero-order valence-corrected chi connectivity index (χ0v) is 27.1. The summed E-state index contributed by atoms with van der Waals surface area (Å²) in [6.45, 7) is 16.2. The summed E-state index contributed by atoms with van der Waals surface area (Å²) < 4.78 is 53.8. The van der Waals surface area contributed by atoms with Crippen LogP contribution in [0.5, 0.6) is 5.88 Å². The van der Waals surface area contributed by atoms with Gasteiger partial charge in [0.05, 0.1) is 35.4 Å². The van der Waals surface area contributed by atoms with Gasteiger partial charge in [-0.3, -0.25) is 4.57 Å². The molecule has 3 fully saturated rings. The van der Waals surface area contributed by atoms with Crippen molar-refractivity contribution in [1.29, 1.82) is 0 Å². The quantitative estimate of drug-likeness (QED) is 0.282. The van der Waals surface area contributed by atoms with Crippen LogP contribution in [0.2, 0.25) is 25.7 Å². The van der Waals surface area contributed by atoms with Gasteiger partial charge in [-0.25, -0.2) is 9.37 Å². The SMILES string of the molecule is CC1(C)OB(c2ccc(-c3nc4cc(O[C@@H]5CO[C@H]6C5OC[C@H]6O)n(COCC[Si](C)(C)C)c4cc3F)cc2)OC1(C)C. The van der Waals surface area contributed by atoms with Gasteiger partial charge in [0, 0.05) is 32.4 Å². The smallest absolute Gasteiger partial charge is 0.470 e. The van der Waals surface area contributed by atoms with Crippen molar-refractivity contribution in [3.8, 4) is 17.1 Å². The van der Waals surface area contributed by atoms with Gasteiger partial charge in [0.1, 0.15) is 30.7 Å². The Labute approximate surface area is 253 Å². The van der Waals surface area contributed by atoms with E-state index in [0.717, 1.165) is 11.5 Å². The summed E-state index contributed by atoms with van der Waals surface area (Å²) in [6, 6.07) is 11.8. The Bertz CT molecular complexity index is 1460. The van der Waals surface area contributed by atoms with Gasteiger partial charge >= 0.3 is 7.12 Å². The van der Waals surface area contributed by atoms with Gasteiger partial charge in [-0.1, -0.05) is 43.9 Å². The lowest BCUT2D eigenvalue weighted by Crippen LogP contribution is -2.41. The Morgan fingerprint density at radius 3 is 2.37 bits per heavy atom. The first kappa shape index (κ1) is 30.7. The summed E-state index contributed by atoms with van der Waals surface area (Å²) in [5.74, 6) is 0.0396. The van der Waals surface area contributed by atoms with Crippen LogP contribution in [-0.2, 0) is 30.3 Å². The number of aliphatic hydroxyl groups is 1. The molecule has 3 aromatic rings. The fraction of sp³-hybridized carbons (Fsp3) is 0.581. The molecule has 3 aliphatic heterocycles. The molecule has 0 spiro atoms. The van der Waals surface area contributed by atoms with E-state index in [1.165, 1.54) is 6.07 Å². The highest BCUT2D eigenvalue weighted by molar-refractivity contribution is 6.76. The maximum Gasteiger partial charge on any atom is 0.494 e. The lowest BCUT2D eigenvalue weighted by Gasteiger charge is -2.32. The largest absolute Gasteiger partial charge is 0.494 e. The molecule has 3 aliphatic rings. The molecule has 9 nitrogen and oxygen atoms in total. The molecule has 3 saturated heterocycles. The van der Waals surface area contributed by atoms with Crippen LogP contribution in [-0.4, -0.2) is 85.3 Å². The molecular formula is C31H42BFN2O7Si. The molecule has 0 amide bonds. The topological polar surface area (TPSA) is 93.4 Å². The van der Waals surface area contributed by atoms with E-state index < -0.39 is 50.5 Å². The van der Waals surface area contributed by atoms with Gasteiger partial charge in [0.15, 0.2) is 17.8 Å². The van der Waals surface area contributed by atoms with Crippen molar-refractivity contribution in [2.75, 3.05) is 19.8 Å². The fourth-order valence-corrected chi connectivity index (χ4v) is 6.33. The zero-order chi connectivity index (χ0) is 30.7. The molecule has 5 heterocycles. The van der Waals surface area contributed by atoms with Crippen molar-refractivity contribution in [1.82, 2.24) is 9.55 Å². The molecule has 0 saturated carbocycles. The van der Waals surface area contributed by atoms with E-state index in [1.54, 1.807) is 10.6 Å². The van der Waals surface area contributed by atoms with Crippen molar-refractivity contribution in [3.63, 3.8) is 0 Å². The highest BCUT2D eigenvalue weighted by Crippen LogP contribution is 2.37. The molecule has 232 valence electrons. The molecule has 1 unspecified atom stereocenters. The van der Waals surface area contributed by atoms with Crippen LogP contribution in [0.25, 0.3) is 22.3 Å². The number of aromatic nitrogens is 2. The average molecular weight is 613 g/mol. The number of pyridine rings is 1. The molecule has 1 N–H and O–H groups in total. The van der Waals surface area contributed by atoms with E-state index in [1.807, 2.05) is 52.0 Å². The van der Waals surface area contributed by atoms with Crippen molar-refractivity contribution in [2.24, 2.45) is 0 Å². The van der Waals surface area contributed by atoms with E-state index >= 15 is 4.39 Å². The number of hydrogen-bond acceptors (Lipinski definition) is 8. The second-order valence-corrected chi connectivity index (χ2v) is 19.6. The standard InChI is InChI=1S/C31H42BFN2O7Si/c1-30(2)31(3,4)42-32(41-30)20-10-8-19(9-11-20)27-21(33)14-23-22(34-27)15-26(35(23)18-37-12-13-43(5,6)7)40-25-17-39-28-24(36)16-38-29(25)28/h8-11,14-15,24-25,28-29,36H,12-13,16-18H2,1-7H3/t24-,25-,28-,29?/m1/s1.